The molecule has 0 atom stereocenters. The predicted molar refractivity (Wildman–Crippen MR) is 150 cm³/mol. The number of aromatic nitrogens is 1. The Balaban J connectivity index is 1.37. The molecule has 10 heteroatoms. The molecule has 0 spiro atoms. The summed E-state index contributed by atoms with van der Waals surface area (Å²) in [7, 11) is 0. The summed E-state index contributed by atoms with van der Waals surface area (Å²) < 4.78 is 2.53. The molecule has 2 aromatic carbocycles. The van der Waals surface area contributed by atoms with E-state index in [0.717, 1.165) is 26.8 Å². The summed E-state index contributed by atoms with van der Waals surface area (Å²) in [5.41, 5.74) is 3.92. The molecule has 1 fully saturated rings. The number of carbonyl (C=O) groups excluding carboxylic acids is 4. The standard InChI is InChI=1S/C28H30BrN5O4/c1-4-27(37)34-13-20(14-34)31-26(36)16-33-15-22(21-12-19(29)7-8-24(21)33)28(38)30-10-9-25(35)32-23-11-17(2)5-6-18(23)3/h4-8,11-12,15,20H,1,9-10,13-14,16H2,2-3H3,(H,30,38)(H,31,36)(H,32,35). The highest BCUT2D eigenvalue weighted by Crippen LogP contribution is 2.25. The maximum atomic E-state index is 13.1. The van der Waals surface area contributed by atoms with E-state index >= 15 is 0 Å². The van der Waals surface area contributed by atoms with Crippen LogP contribution in [0.15, 0.2) is 59.7 Å². The van der Waals surface area contributed by atoms with Crippen LogP contribution >= 0.6 is 15.9 Å². The largest absolute Gasteiger partial charge is 0.351 e. The molecular formula is C28H30BrN5O4. The molecule has 1 aliphatic rings. The second-order valence-electron chi connectivity index (χ2n) is 9.42. The van der Waals surface area contributed by atoms with Crippen molar-refractivity contribution in [3.63, 3.8) is 0 Å². The second kappa shape index (κ2) is 11.6. The van der Waals surface area contributed by atoms with E-state index in [0.29, 0.717) is 24.0 Å². The lowest BCUT2D eigenvalue weighted by Gasteiger charge is -2.38. The van der Waals surface area contributed by atoms with Gasteiger partial charge in [-0.15, -0.1) is 0 Å². The minimum atomic E-state index is -0.329. The van der Waals surface area contributed by atoms with Crippen LogP contribution in [0.25, 0.3) is 10.9 Å². The van der Waals surface area contributed by atoms with Crippen molar-refractivity contribution in [2.24, 2.45) is 0 Å². The van der Waals surface area contributed by atoms with Gasteiger partial charge in [0.05, 0.1) is 11.6 Å². The van der Waals surface area contributed by atoms with Crippen LogP contribution in [0.3, 0.4) is 0 Å². The number of nitrogens with one attached hydrogen (secondary N) is 3. The third-order valence-electron chi connectivity index (χ3n) is 6.44. The third-order valence-corrected chi connectivity index (χ3v) is 6.93. The summed E-state index contributed by atoms with van der Waals surface area (Å²) in [5, 5.41) is 9.32. The highest BCUT2D eigenvalue weighted by molar-refractivity contribution is 9.10. The van der Waals surface area contributed by atoms with Crippen molar-refractivity contribution >= 4 is 56.1 Å². The van der Waals surface area contributed by atoms with Gasteiger partial charge in [-0.25, -0.2) is 0 Å². The van der Waals surface area contributed by atoms with Crippen LogP contribution in [0.1, 0.15) is 27.9 Å². The number of hydrogen-bond acceptors (Lipinski definition) is 4. The van der Waals surface area contributed by atoms with Gasteiger partial charge in [-0.3, -0.25) is 19.2 Å². The first kappa shape index (κ1) is 27.1. The molecule has 3 aromatic rings. The number of nitrogens with zero attached hydrogens (tertiary/aromatic N) is 2. The Morgan fingerprint density at radius 2 is 1.84 bits per heavy atom. The number of carbonyl (C=O) groups is 4. The van der Waals surface area contributed by atoms with E-state index in [9.17, 15) is 19.2 Å². The molecule has 1 saturated heterocycles. The first-order chi connectivity index (χ1) is 18.1. The summed E-state index contributed by atoms with van der Waals surface area (Å²) in [6.45, 7) is 8.43. The zero-order chi connectivity index (χ0) is 27.4. The van der Waals surface area contributed by atoms with E-state index in [4.69, 9.17) is 0 Å². The third kappa shape index (κ3) is 6.31. The molecule has 0 aliphatic carbocycles. The highest BCUT2D eigenvalue weighted by Gasteiger charge is 2.30. The van der Waals surface area contributed by atoms with Gasteiger partial charge < -0.3 is 25.4 Å². The lowest BCUT2D eigenvalue weighted by molar-refractivity contribution is -0.133. The summed E-state index contributed by atoms with van der Waals surface area (Å²) in [6.07, 6.45) is 3.03. The molecule has 1 aromatic heterocycles. The zero-order valence-corrected chi connectivity index (χ0v) is 22.9. The Bertz CT molecular complexity index is 1420. The van der Waals surface area contributed by atoms with Gasteiger partial charge in [0.2, 0.25) is 17.7 Å². The smallest absolute Gasteiger partial charge is 0.253 e. The van der Waals surface area contributed by atoms with Crippen LogP contribution in [-0.2, 0) is 20.9 Å². The Hall–Kier alpha value is -3.92. The number of likely N-dealkylation sites (tertiary alicyclic amines) is 1. The average Bonchev–Trinajstić information content (AvgIpc) is 3.20. The molecule has 2 heterocycles. The first-order valence-corrected chi connectivity index (χ1v) is 13.1. The Kier molecular flexibility index (Phi) is 8.31. The quantitative estimate of drug-likeness (QED) is 0.338. The summed E-state index contributed by atoms with van der Waals surface area (Å²) >= 11 is 3.45. The number of amides is 4. The van der Waals surface area contributed by atoms with E-state index in [2.05, 4.69) is 38.5 Å². The van der Waals surface area contributed by atoms with Crippen LogP contribution in [0.2, 0.25) is 0 Å². The van der Waals surface area contributed by atoms with Crippen LogP contribution in [-0.4, -0.2) is 58.8 Å². The van der Waals surface area contributed by atoms with Crippen molar-refractivity contribution in [3.8, 4) is 0 Å². The number of rotatable bonds is 9. The summed E-state index contributed by atoms with van der Waals surface area (Å²) in [4.78, 5) is 51.4. The predicted octanol–water partition coefficient (Wildman–Crippen LogP) is 3.29. The summed E-state index contributed by atoms with van der Waals surface area (Å²) in [6, 6.07) is 11.3. The van der Waals surface area contributed by atoms with Gasteiger partial charge in [0, 0.05) is 53.3 Å². The van der Waals surface area contributed by atoms with E-state index in [1.807, 2.05) is 50.2 Å². The number of fused-ring (bicyclic) bond motifs is 1. The molecule has 9 nitrogen and oxygen atoms in total. The number of benzene rings is 2. The number of halogens is 1. The average molecular weight is 580 g/mol. The molecule has 38 heavy (non-hydrogen) atoms. The van der Waals surface area contributed by atoms with Crippen LogP contribution < -0.4 is 16.0 Å². The van der Waals surface area contributed by atoms with Crippen molar-refractivity contribution in [3.05, 3.63) is 76.4 Å². The molecule has 0 radical (unpaired) electrons. The molecule has 0 saturated carbocycles. The minimum absolute atomic E-state index is 0.0234. The number of anilines is 1. The SMILES string of the molecule is C=CC(=O)N1CC(NC(=O)Cn2cc(C(=O)NCCC(=O)Nc3cc(C)ccc3C)c3cc(Br)ccc32)C1. The molecular weight excluding hydrogens is 550 g/mol. The van der Waals surface area contributed by atoms with Crippen LogP contribution in [0, 0.1) is 13.8 Å². The molecule has 0 bridgehead atoms. The second-order valence-corrected chi connectivity index (χ2v) is 10.3. The van der Waals surface area contributed by atoms with Crippen LogP contribution in [0.5, 0.6) is 0 Å². The Morgan fingerprint density at radius 1 is 1.08 bits per heavy atom. The monoisotopic (exact) mass is 579 g/mol. The lowest BCUT2D eigenvalue weighted by atomic mass is 10.1. The van der Waals surface area contributed by atoms with Gasteiger partial charge in [-0.05, 0) is 55.3 Å². The number of hydrogen-bond donors (Lipinski definition) is 3. The van der Waals surface area contributed by atoms with E-state index < -0.39 is 0 Å². The lowest BCUT2D eigenvalue weighted by Crippen LogP contribution is -2.61. The van der Waals surface area contributed by atoms with E-state index in [1.165, 1.54) is 6.08 Å². The van der Waals surface area contributed by atoms with Crippen LogP contribution in [0.4, 0.5) is 5.69 Å². The first-order valence-electron chi connectivity index (χ1n) is 12.3. The fourth-order valence-electron chi connectivity index (χ4n) is 4.36. The molecule has 198 valence electrons. The van der Waals surface area contributed by atoms with Gasteiger partial charge in [-0.1, -0.05) is 34.6 Å². The van der Waals surface area contributed by atoms with Gasteiger partial charge >= 0.3 is 0 Å². The van der Waals surface area contributed by atoms with Crippen molar-refractivity contribution in [1.29, 1.82) is 0 Å². The highest BCUT2D eigenvalue weighted by atomic mass is 79.9. The molecule has 1 aliphatic heterocycles. The Labute approximate surface area is 229 Å². The maximum Gasteiger partial charge on any atom is 0.253 e. The normalized spacial score (nSPS) is 13.1. The maximum absolute atomic E-state index is 13.1. The van der Waals surface area contributed by atoms with E-state index in [1.54, 1.807) is 15.7 Å². The molecule has 3 N–H and O–H groups in total. The van der Waals surface area contributed by atoms with E-state index in [-0.39, 0.29) is 49.2 Å². The van der Waals surface area contributed by atoms with Gasteiger partial charge in [0.15, 0.2) is 0 Å². The zero-order valence-electron chi connectivity index (χ0n) is 21.3. The fraction of sp³-hybridized carbons (Fsp3) is 0.286. The number of aryl methyl sites for hydroxylation is 2. The van der Waals surface area contributed by atoms with Crippen molar-refractivity contribution in [1.82, 2.24) is 20.1 Å². The topological polar surface area (TPSA) is 113 Å². The van der Waals surface area contributed by atoms with Gasteiger partial charge in [0.1, 0.15) is 6.54 Å². The van der Waals surface area contributed by atoms with Gasteiger partial charge in [0.25, 0.3) is 5.91 Å². The molecule has 4 rings (SSSR count). The van der Waals surface area contributed by atoms with Crippen molar-refractivity contribution in [2.75, 3.05) is 25.0 Å². The fourth-order valence-corrected chi connectivity index (χ4v) is 4.72. The summed E-state index contributed by atoms with van der Waals surface area (Å²) in [5.74, 6) is -0.888. The van der Waals surface area contributed by atoms with Crippen molar-refractivity contribution < 1.29 is 19.2 Å². The Morgan fingerprint density at radius 3 is 2.58 bits per heavy atom. The van der Waals surface area contributed by atoms with Crippen molar-refractivity contribution in [2.45, 2.75) is 32.9 Å². The minimum Gasteiger partial charge on any atom is -0.351 e. The molecule has 0 unspecified atom stereocenters. The van der Waals surface area contributed by atoms with Gasteiger partial charge in [-0.2, -0.15) is 0 Å². The molecule has 4 amide bonds.